The minimum Gasteiger partial charge on any atom is -0.503 e. The van der Waals surface area contributed by atoms with E-state index in [0.29, 0.717) is 0 Å². The zero-order chi connectivity index (χ0) is 10.4. The van der Waals surface area contributed by atoms with E-state index in [1.807, 2.05) is 0 Å². The number of Topliss-reactive ketones (excluding diaryl/α,β-unsaturated/α-hetero) is 1. The Balaban J connectivity index is 4.48. The van der Waals surface area contributed by atoms with E-state index in [9.17, 15) is 9.59 Å². The first-order valence-electron chi connectivity index (χ1n) is 3.94. The molecule has 0 aliphatic rings. The molecule has 0 aromatic heterocycles. The molecule has 0 N–H and O–H groups in total. The molecule has 0 radical (unpaired) electrons. The molecule has 0 rings (SSSR count). The lowest BCUT2D eigenvalue weighted by atomic mass is 10.2. The summed E-state index contributed by atoms with van der Waals surface area (Å²) in [5.74, 6) is -1.02. The Morgan fingerprint density at radius 1 is 1.31 bits per heavy atom. The quantitative estimate of drug-likeness (QED) is 0.216. The number of ketones is 1. The minimum absolute atomic E-state index is 0.0730. The second-order valence-electron chi connectivity index (χ2n) is 2.78. The topological polar surface area (TPSA) is 52.6 Å². The van der Waals surface area contributed by atoms with Crippen LogP contribution in [0, 0.1) is 0 Å². The Labute approximate surface area is 77.5 Å². The van der Waals surface area contributed by atoms with Gasteiger partial charge in [0.15, 0.2) is 5.78 Å². The van der Waals surface area contributed by atoms with Gasteiger partial charge in [-0.1, -0.05) is 0 Å². The largest absolute Gasteiger partial charge is 0.503 e. The summed E-state index contributed by atoms with van der Waals surface area (Å²) in [7, 11) is 1.37. The molecular weight excluding hydrogens is 172 g/mol. The first kappa shape index (κ1) is 11.7. The van der Waals surface area contributed by atoms with E-state index in [2.05, 4.69) is 4.74 Å². The minimum atomic E-state index is -0.649. The fourth-order valence-corrected chi connectivity index (χ4v) is 0.670. The van der Waals surface area contributed by atoms with Crippen LogP contribution in [0.3, 0.4) is 0 Å². The van der Waals surface area contributed by atoms with E-state index in [4.69, 9.17) is 4.74 Å². The maximum atomic E-state index is 11.2. The van der Waals surface area contributed by atoms with Crippen LogP contribution < -0.4 is 0 Å². The lowest BCUT2D eigenvalue weighted by Crippen LogP contribution is -2.17. The highest BCUT2D eigenvalue weighted by Gasteiger charge is 2.17. The van der Waals surface area contributed by atoms with Crippen LogP contribution in [0.1, 0.15) is 20.8 Å². The lowest BCUT2D eigenvalue weighted by Gasteiger charge is -2.08. The Morgan fingerprint density at radius 3 is 2.15 bits per heavy atom. The fraction of sp³-hybridized carbons (Fsp3) is 0.556. The van der Waals surface area contributed by atoms with Gasteiger partial charge in [0.2, 0.25) is 0 Å². The highest BCUT2D eigenvalue weighted by atomic mass is 16.5. The smallest absolute Gasteiger partial charge is 0.345 e. The number of esters is 1. The first-order valence-corrected chi connectivity index (χ1v) is 3.94. The number of carbonyl (C=O) groups is 2. The molecule has 0 fully saturated rings. The number of ether oxygens (including phenoxy) is 2. The second kappa shape index (κ2) is 5.35. The summed E-state index contributed by atoms with van der Waals surface area (Å²) in [6, 6.07) is 0. The molecule has 4 heteroatoms. The number of rotatable bonds is 4. The predicted molar refractivity (Wildman–Crippen MR) is 47.0 cm³/mol. The van der Waals surface area contributed by atoms with E-state index in [-0.39, 0.29) is 17.5 Å². The Hall–Kier alpha value is -1.32. The van der Waals surface area contributed by atoms with Crippen molar-refractivity contribution >= 4 is 11.8 Å². The summed E-state index contributed by atoms with van der Waals surface area (Å²) in [6.07, 6.45) is 0.847. The summed E-state index contributed by atoms with van der Waals surface area (Å²) >= 11 is 0. The van der Waals surface area contributed by atoms with Crippen molar-refractivity contribution in [2.75, 3.05) is 7.11 Å². The van der Waals surface area contributed by atoms with Crippen LogP contribution in [0.5, 0.6) is 0 Å². The van der Waals surface area contributed by atoms with Crippen LogP contribution in [0.4, 0.5) is 0 Å². The third-order valence-electron chi connectivity index (χ3n) is 1.18. The van der Waals surface area contributed by atoms with Gasteiger partial charge in [-0.15, -0.1) is 0 Å². The molecule has 74 valence electrons. The first-order chi connectivity index (χ1) is 5.99. The highest BCUT2D eigenvalue weighted by molar-refractivity contribution is 6.16. The van der Waals surface area contributed by atoms with E-state index in [1.165, 1.54) is 14.0 Å². The van der Waals surface area contributed by atoms with E-state index in [1.54, 1.807) is 13.8 Å². The standard InChI is InChI=1S/C9H14O4/c1-6(2)13-9(11)8(5-12-4)7(3)10/h5-6H,1-4H3/b8-5-. The van der Waals surface area contributed by atoms with Gasteiger partial charge >= 0.3 is 5.97 Å². The van der Waals surface area contributed by atoms with Crippen molar-refractivity contribution in [1.82, 2.24) is 0 Å². The molecular formula is C9H14O4. The highest BCUT2D eigenvalue weighted by Crippen LogP contribution is 2.02. The predicted octanol–water partition coefficient (Wildman–Crippen LogP) is 1.06. The van der Waals surface area contributed by atoms with Crippen molar-refractivity contribution in [3.63, 3.8) is 0 Å². The number of methoxy groups -OCH3 is 1. The number of carbonyl (C=O) groups excluding carboxylic acids is 2. The van der Waals surface area contributed by atoms with Gasteiger partial charge in [0, 0.05) is 0 Å². The van der Waals surface area contributed by atoms with Crippen molar-refractivity contribution in [3.8, 4) is 0 Å². The molecule has 0 amide bonds. The molecule has 0 heterocycles. The molecule has 0 aliphatic heterocycles. The van der Waals surface area contributed by atoms with Crippen LogP contribution in [-0.4, -0.2) is 25.0 Å². The molecule has 0 bridgehead atoms. The van der Waals surface area contributed by atoms with Gasteiger partial charge in [-0.05, 0) is 20.8 Å². The number of hydrogen-bond acceptors (Lipinski definition) is 4. The van der Waals surface area contributed by atoms with Crippen LogP contribution in [-0.2, 0) is 19.1 Å². The summed E-state index contributed by atoms with van der Waals surface area (Å²) in [4.78, 5) is 22.1. The molecule has 0 aromatic rings. The summed E-state index contributed by atoms with van der Waals surface area (Å²) in [6.45, 7) is 4.71. The lowest BCUT2D eigenvalue weighted by molar-refractivity contribution is -0.143. The maximum absolute atomic E-state index is 11.2. The molecule has 0 aliphatic carbocycles. The van der Waals surface area contributed by atoms with Gasteiger partial charge in [-0.25, -0.2) is 4.79 Å². The molecule has 0 unspecified atom stereocenters. The summed E-state index contributed by atoms with van der Waals surface area (Å²) in [5.41, 5.74) is -0.0730. The van der Waals surface area contributed by atoms with Gasteiger partial charge in [0.1, 0.15) is 11.8 Å². The van der Waals surface area contributed by atoms with Gasteiger partial charge < -0.3 is 9.47 Å². The van der Waals surface area contributed by atoms with Crippen LogP contribution >= 0.6 is 0 Å². The Bertz CT molecular complexity index is 228. The van der Waals surface area contributed by atoms with Crippen molar-refractivity contribution in [2.24, 2.45) is 0 Å². The van der Waals surface area contributed by atoms with E-state index < -0.39 is 5.97 Å². The van der Waals surface area contributed by atoms with E-state index in [0.717, 1.165) is 6.26 Å². The van der Waals surface area contributed by atoms with Crippen LogP contribution in [0.15, 0.2) is 11.8 Å². The van der Waals surface area contributed by atoms with Gasteiger partial charge in [0.25, 0.3) is 0 Å². The number of hydrogen-bond donors (Lipinski definition) is 0. The van der Waals surface area contributed by atoms with Crippen LogP contribution in [0.2, 0.25) is 0 Å². The Morgan fingerprint density at radius 2 is 1.85 bits per heavy atom. The average Bonchev–Trinajstić information content (AvgIpc) is 1.97. The molecule has 0 aromatic carbocycles. The SMILES string of the molecule is CO/C=C(/C(C)=O)C(=O)OC(C)C. The van der Waals surface area contributed by atoms with Crippen molar-refractivity contribution in [3.05, 3.63) is 11.8 Å². The van der Waals surface area contributed by atoms with Crippen molar-refractivity contribution < 1.29 is 19.1 Å². The maximum Gasteiger partial charge on any atom is 0.345 e. The average molecular weight is 186 g/mol. The normalized spacial score (nSPS) is 11.3. The van der Waals surface area contributed by atoms with Crippen LogP contribution in [0.25, 0.3) is 0 Å². The fourth-order valence-electron chi connectivity index (χ4n) is 0.670. The Kier molecular flexibility index (Phi) is 4.80. The molecule has 0 atom stereocenters. The third-order valence-corrected chi connectivity index (χ3v) is 1.18. The summed E-state index contributed by atoms with van der Waals surface area (Å²) < 4.78 is 9.40. The van der Waals surface area contributed by atoms with E-state index >= 15 is 0 Å². The molecule has 0 spiro atoms. The third kappa shape index (κ3) is 4.30. The van der Waals surface area contributed by atoms with Gasteiger partial charge in [-0.2, -0.15) is 0 Å². The summed E-state index contributed by atoms with van der Waals surface area (Å²) in [5, 5.41) is 0. The second-order valence-corrected chi connectivity index (χ2v) is 2.78. The zero-order valence-electron chi connectivity index (χ0n) is 8.29. The van der Waals surface area contributed by atoms with Gasteiger partial charge in [-0.3, -0.25) is 4.79 Å². The molecule has 4 nitrogen and oxygen atoms in total. The van der Waals surface area contributed by atoms with Crippen molar-refractivity contribution in [1.29, 1.82) is 0 Å². The molecule has 0 saturated carbocycles. The molecule has 13 heavy (non-hydrogen) atoms. The van der Waals surface area contributed by atoms with Gasteiger partial charge in [0.05, 0.1) is 13.2 Å². The zero-order valence-corrected chi connectivity index (χ0v) is 8.29. The molecule has 0 saturated heterocycles. The monoisotopic (exact) mass is 186 g/mol. The van der Waals surface area contributed by atoms with Crippen molar-refractivity contribution in [2.45, 2.75) is 26.9 Å².